The van der Waals surface area contributed by atoms with Crippen LogP contribution in [-0.2, 0) is 10.0 Å². The van der Waals surface area contributed by atoms with Gasteiger partial charge in [0.1, 0.15) is 0 Å². The lowest BCUT2D eigenvalue weighted by Crippen LogP contribution is -2.18. The molecule has 0 aliphatic carbocycles. The van der Waals surface area contributed by atoms with Crippen LogP contribution in [0.3, 0.4) is 0 Å². The molecule has 102 valence electrons. The summed E-state index contributed by atoms with van der Waals surface area (Å²) in [5, 5.41) is 5.25. The first kappa shape index (κ1) is 14.0. The van der Waals surface area contributed by atoms with E-state index in [0.29, 0.717) is 0 Å². The van der Waals surface area contributed by atoms with E-state index >= 15 is 0 Å². The Labute approximate surface area is 116 Å². The van der Waals surface area contributed by atoms with Crippen molar-refractivity contribution >= 4 is 27.0 Å². The number of rotatable bonds is 5. The standard InChI is InChI=1S/C12H15N3O2S2/c1-9(12-7-18-8-14-12)15-10-3-5-11(6-4-10)19(16,17)13-2/h3-9,13,15H,1-2H3. The number of hydrogen-bond donors (Lipinski definition) is 2. The second-order valence-electron chi connectivity index (χ2n) is 4.01. The number of nitrogens with zero attached hydrogens (tertiary/aromatic N) is 1. The van der Waals surface area contributed by atoms with Crippen LogP contribution in [0.4, 0.5) is 5.69 Å². The van der Waals surface area contributed by atoms with E-state index in [1.54, 1.807) is 41.1 Å². The van der Waals surface area contributed by atoms with Crippen LogP contribution >= 0.6 is 11.3 Å². The molecule has 1 aromatic heterocycles. The maximum Gasteiger partial charge on any atom is 0.240 e. The highest BCUT2D eigenvalue weighted by Gasteiger charge is 2.11. The average Bonchev–Trinajstić information content (AvgIpc) is 2.93. The van der Waals surface area contributed by atoms with Gasteiger partial charge in [-0.15, -0.1) is 11.3 Å². The molecule has 0 amide bonds. The van der Waals surface area contributed by atoms with Crippen LogP contribution < -0.4 is 10.0 Å². The lowest BCUT2D eigenvalue weighted by atomic mass is 10.2. The van der Waals surface area contributed by atoms with E-state index in [1.165, 1.54) is 7.05 Å². The molecule has 0 bridgehead atoms. The monoisotopic (exact) mass is 297 g/mol. The molecule has 0 radical (unpaired) electrons. The number of aromatic nitrogens is 1. The van der Waals surface area contributed by atoms with E-state index in [1.807, 2.05) is 12.3 Å². The summed E-state index contributed by atoms with van der Waals surface area (Å²) in [7, 11) is -1.98. The van der Waals surface area contributed by atoms with Crippen molar-refractivity contribution in [1.29, 1.82) is 0 Å². The van der Waals surface area contributed by atoms with Crippen LogP contribution in [0.2, 0.25) is 0 Å². The predicted molar refractivity (Wildman–Crippen MR) is 76.8 cm³/mol. The van der Waals surface area contributed by atoms with Gasteiger partial charge in [-0.05, 0) is 38.2 Å². The summed E-state index contributed by atoms with van der Waals surface area (Å²) in [6.45, 7) is 2.01. The Balaban J connectivity index is 2.11. The van der Waals surface area contributed by atoms with Crippen molar-refractivity contribution in [3.63, 3.8) is 0 Å². The fraction of sp³-hybridized carbons (Fsp3) is 0.250. The molecule has 1 aromatic carbocycles. The zero-order valence-electron chi connectivity index (χ0n) is 10.6. The topological polar surface area (TPSA) is 71.1 Å². The minimum atomic E-state index is -3.38. The highest BCUT2D eigenvalue weighted by Crippen LogP contribution is 2.20. The van der Waals surface area contributed by atoms with Gasteiger partial charge in [-0.3, -0.25) is 0 Å². The molecule has 0 aliphatic rings. The zero-order chi connectivity index (χ0) is 13.9. The molecule has 2 N–H and O–H groups in total. The second-order valence-corrected chi connectivity index (χ2v) is 6.62. The number of thiazole rings is 1. The molecule has 5 nitrogen and oxygen atoms in total. The molecule has 19 heavy (non-hydrogen) atoms. The Morgan fingerprint density at radius 3 is 2.47 bits per heavy atom. The molecule has 2 rings (SSSR count). The third-order valence-corrected chi connectivity index (χ3v) is 4.75. The van der Waals surface area contributed by atoms with Crippen molar-refractivity contribution in [2.45, 2.75) is 17.9 Å². The Hall–Kier alpha value is -1.44. The van der Waals surface area contributed by atoms with E-state index < -0.39 is 10.0 Å². The van der Waals surface area contributed by atoms with Crippen molar-refractivity contribution in [1.82, 2.24) is 9.71 Å². The highest BCUT2D eigenvalue weighted by atomic mass is 32.2. The molecular formula is C12H15N3O2S2. The molecule has 1 unspecified atom stereocenters. The summed E-state index contributed by atoms with van der Waals surface area (Å²) in [5.41, 5.74) is 3.61. The lowest BCUT2D eigenvalue weighted by Gasteiger charge is -2.13. The lowest BCUT2D eigenvalue weighted by molar-refractivity contribution is 0.588. The molecule has 1 heterocycles. The summed E-state index contributed by atoms with van der Waals surface area (Å²) in [6.07, 6.45) is 0. The molecule has 7 heteroatoms. The SMILES string of the molecule is CNS(=O)(=O)c1ccc(NC(C)c2cscn2)cc1. The van der Waals surface area contributed by atoms with Crippen molar-refractivity contribution < 1.29 is 8.42 Å². The summed E-state index contributed by atoms with van der Waals surface area (Å²) in [4.78, 5) is 4.48. The molecule has 1 atom stereocenters. The Morgan fingerprint density at radius 1 is 1.26 bits per heavy atom. The van der Waals surface area contributed by atoms with E-state index in [-0.39, 0.29) is 10.9 Å². The first-order chi connectivity index (χ1) is 9.03. The van der Waals surface area contributed by atoms with Crippen molar-refractivity contribution in [3.05, 3.63) is 40.8 Å². The first-order valence-corrected chi connectivity index (χ1v) is 8.14. The zero-order valence-corrected chi connectivity index (χ0v) is 12.3. The maximum atomic E-state index is 11.6. The van der Waals surface area contributed by atoms with Gasteiger partial charge in [-0.1, -0.05) is 0 Å². The Bertz CT molecular complexity index is 622. The van der Waals surface area contributed by atoms with Crippen LogP contribution in [0.1, 0.15) is 18.7 Å². The van der Waals surface area contributed by atoms with Gasteiger partial charge in [0.15, 0.2) is 0 Å². The molecule has 0 saturated heterocycles. The van der Waals surface area contributed by atoms with Gasteiger partial charge in [0.2, 0.25) is 10.0 Å². The van der Waals surface area contributed by atoms with Crippen molar-refractivity contribution in [2.24, 2.45) is 0 Å². The minimum absolute atomic E-state index is 0.0815. The van der Waals surface area contributed by atoms with Crippen LogP contribution in [0.15, 0.2) is 40.1 Å². The van der Waals surface area contributed by atoms with Crippen molar-refractivity contribution in [3.8, 4) is 0 Å². The van der Waals surface area contributed by atoms with Gasteiger partial charge in [0, 0.05) is 11.1 Å². The number of hydrogen-bond acceptors (Lipinski definition) is 5. The predicted octanol–water partition coefficient (Wildman–Crippen LogP) is 2.22. The molecule has 0 spiro atoms. The molecule has 0 fully saturated rings. The normalized spacial score (nSPS) is 13.2. The summed E-state index contributed by atoms with van der Waals surface area (Å²) in [5.74, 6) is 0. The van der Waals surface area contributed by atoms with Gasteiger partial charge >= 0.3 is 0 Å². The molecular weight excluding hydrogens is 282 g/mol. The quantitative estimate of drug-likeness (QED) is 0.888. The minimum Gasteiger partial charge on any atom is -0.377 e. The number of anilines is 1. The van der Waals surface area contributed by atoms with Gasteiger partial charge in [0.05, 0.1) is 22.1 Å². The highest BCUT2D eigenvalue weighted by molar-refractivity contribution is 7.89. The van der Waals surface area contributed by atoms with E-state index in [2.05, 4.69) is 15.0 Å². The van der Waals surface area contributed by atoms with Crippen LogP contribution in [-0.4, -0.2) is 20.4 Å². The van der Waals surface area contributed by atoms with Gasteiger partial charge < -0.3 is 5.32 Å². The summed E-state index contributed by atoms with van der Waals surface area (Å²) < 4.78 is 25.4. The van der Waals surface area contributed by atoms with E-state index in [0.717, 1.165) is 11.4 Å². The van der Waals surface area contributed by atoms with Gasteiger partial charge in [-0.25, -0.2) is 18.1 Å². The van der Waals surface area contributed by atoms with Gasteiger partial charge in [-0.2, -0.15) is 0 Å². The number of benzene rings is 1. The summed E-state index contributed by atoms with van der Waals surface area (Å²) >= 11 is 1.55. The van der Waals surface area contributed by atoms with Crippen LogP contribution in [0.5, 0.6) is 0 Å². The number of nitrogens with one attached hydrogen (secondary N) is 2. The maximum absolute atomic E-state index is 11.6. The smallest absolute Gasteiger partial charge is 0.240 e. The van der Waals surface area contributed by atoms with Gasteiger partial charge in [0.25, 0.3) is 0 Å². The fourth-order valence-corrected chi connectivity index (χ4v) is 2.99. The van der Waals surface area contributed by atoms with E-state index in [4.69, 9.17) is 0 Å². The summed E-state index contributed by atoms with van der Waals surface area (Å²) in [6, 6.07) is 6.71. The van der Waals surface area contributed by atoms with Crippen LogP contribution in [0.25, 0.3) is 0 Å². The molecule has 0 saturated carbocycles. The van der Waals surface area contributed by atoms with Crippen LogP contribution in [0, 0.1) is 0 Å². The molecule has 2 aromatic rings. The van der Waals surface area contributed by atoms with E-state index in [9.17, 15) is 8.42 Å². The largest absolute Gasteiger partial charge is 0.377 e. The third-order valence-electron chi connectivity index (χ3n) is 2.71. The fourth-order valence-electron chi connectivity index (χ4n) is 1.61. The molecule has 0 aliphatic heterocycles. The second kappa shape index (κ2) is 5.68. The Kier molecular flexibility index (Phi) is 4.18. The number of sulfonamides is 1. The third kappa shape index (κ3) is 3.31. The van der Waals surface area contributed by atoms with Crippen molar-refractivity contribution in [2.75, 3.05) is 12.4 Å². The first-order valence-electron chi connectivity index (χ1n) is 5.71. The average molecular weight is 297 g/mol. The Morgan fingerprint density at radius 2 is 1.95 bits per heavy atom.